The van der Waals surface area contributed by atoms with E-state index in [1.54, 1.807) is 7.05 Å². The van der Waals surface area contributed by atoms with Crippen molar-refractivity contribution in [1.82, 2.24) is 4.90 Å². The summed E-state index contributed by atoms with van der Waals surface area (Å²) in [4.78, 5) is 17.4. The van der Waals surface area contributed by atoms with Crippen LogP contribution in [0.1, 0.15) is 10.4 Å². The molecule has 5 nitrogen and oxygen atoms in total. The van der Waals surface area contributed by atoms with Crippen LogP contribution in [-0.2, 0) is 0 Å². The molecule has 108 valence electrons. The molecule has 1 aromatic carbocycles. The standard InChI is InChI=1S/C13H16BrFN4O/c1-18-6-8(5-16)7-19(2)13(20)11-10(17)4-3-9(14)12(11)15/h3-6H,7,16-17H2,1-2H3. The summed E-state index contributed by atoms with van der Waals surface area (Å²) in [6.45, 7) is 0.206. The van der Waals surface area contributed by atoms with Crippen molar-refractivity contribution in [3.8, 4) is 0 Å². The maximum absolute atomic E-state index is 14.0. The molecule has 7 heteroatoms. The monoisotopic (exact) mass is 342 g/mol. The Bertz CT molecular complexity index is 572. The number of halogens is 2. The van der Waals surface area contributed by atoms with Crippen LogP contribution in [0.2, 0.25) is 0 Å². The summed E-state index contributed by atoms with van der Waals surface area (Å²) in [6.07, 6.45) is 2.88. The van der Waals surface area contributed by atoms with Crippen molar-refractivity contribution < 1.29 is 9.18 Å². The predicted molar refractivity (Wildman–Crippen MR) is 82.2 cm³/mol. The molecular formula is C13H16BrFN4O. The third-order valence-corrected chi connectivity index (χ3v) is 3.23. The number of likely N-dealkylation sites (N-methyl/N-ethyl adjacent to an activating group) is 1. The normalized spacial score (nSPS) is 11.9. The minimum absolute atomic E-state index is 0.0880. The summed E-state index contributed by atoms with van der Waals surface area (Å²) >= 11 is 3.03. The first kappa shape index (κ1) is 16.2. The number of hydrogen-bond acceptors (Lipinski definition) is 4. The summed E-state index contributed by atoms with van der Waals surface area (Å²) < 4.78 is 14.2. The van der Waals surface area contributed by atoms with Gasteiger partial charge in [-0.1, -0.05) is 0 Å². The number of nitrogen functional groups attached to an aromatic ring is 1. The number of carbonyl (C=O) groups is 1. The number of amides is 1. The van der Waals surface area contributed by atoms with E-state index in [4.69, 9.17) is 11.5 Å². The van der Waals surface area contributed by atoms with Crippen molar-refractivity contribution >= 4 is 33.7 Å². The van der Waals surface area contributed by atoms with E-state index in [2.05, 4.69) is 20.9 Å². The fourth-order valence-electron chi connectivity index (χ4n) is 1.62. The number of anilines is 1. The van der Waals surface area contributed by atoms with Gasteiger partial charge in [-0.2, -0.15) is 0 Å². The lowest BCUT2D eigenvalue weighted by Gasteiger charge is -2.19. The van der Waals surface area contributed by atoms with Gasteiger partial charge in [0.1, 0.15) is 0 Å². The van der Waals surface area contributed by atoms with Crippen molar-refractivity contribution in [1.29, 1.82) is 0 Å². The smallest absolute Gasteiger partial charge is 0.259 e. The van der Waals surface area contributed by atoms with Gasteiger partial charge in [0.2, 0.25) is 0 Å². The maximum atomic E-state index is 14.0. The molecule has 0 aromatic heterocycles. The molecule has 1 rings (SSSR count). The van der Waals surface area contributed by atoms with E-state index in [1.807, 2.05) is 0 Å². The molecule has 0 aliphatic heterocycles. The number of nitrogens with zero attached hydrogens (tertiary/aromatic N) is 2. The molecule has 0 spiro atoms. The first-order valence-corrected chi connectivity index (χ1v) is 6.53. The Morgan fingerprint density at radius 2 is 2.20 bits per heavy atom. The highest BCUT2D eigenvalue weighted by Gasteiger charge is 2.21. The van der Waals surface area contributed by atoms with E-state index in [-0.39, 0.29) is 22.3 Å². The second-order valence-electron chi connectivity index (χ2n) is 4.12. The zero-order valence-corrected chi connectivity index (χ0v) is 12.8. The Labute approximate surface area is 125 Å². The van der Waals surface area contributed by atoms with Crippen LogP contribution in [0, 0.1) is 5.82 Å². The van der Waals surface area contributed by atoms with Gasteiger partial charge >= 0.3 is 0 Å². The summed E-state index contributed by atoms with van der Waals surface area (Å²) in [5, 5.41) is 0. The molecule has 4 N–H and O–H groups in total. The van der Waals surface area contributed by atoms with E-state index in [1.165, 1.54) is 36.5 Å². The minimum atomic E-state index is -0.677. The van der Waals surface area contributed by atoms with Crippen molar-refractivity contribution in [2.45, 2.75) is 0 Å². The van der Waals surface area contributed by atoms with E-state index < -0.39 is 11.7 Å². The van der Waals surface area contributed by atoms with Gasteiger partial charge in [0, 0.05) is 44.3 Å². The van der Waals surface area contributed by atoms with Crippen molar-refractivity contribution in [2.24, 2.45) is 10.7 Å². The van der Waals surface area contributed by atoms with Crippen LogP contribution in [0.15, 0.2) is 33.4 Å². The van der Waals surface area contributed by atoms with E-state index in [9.17, 15) is 9.18 Å². The number of aliphatic imine (C=N–C) groups is 1. The molecule has 0 atom stereocenters. The third kappa shape index (κ3) is 3.57. The van der Waals surface area contributed by atoms with Gasteiger partial charge in [-0.25, -0.2) is 4.39 Å². The SMILES string of the molecule is CN=CC(=CN)CN(C)C(=O)c1c(N)ccc(Br)c1F. The second kappa shape index (κ2) is 7.04. The van der Waals surface area contributed by atoms with E-state index in [0.717, 1.165) is 0 Å². The molecule has 0 saturated carbocycles. The highest BCUT2D eigenvalue weighted by atomic mass is 79.9. The van der Waals surface area contributed by atoms with Gasteiger partial charge in [-0.3, -0.25) is 9.79 Å². The molecule has 0 unspecified atom stereocenters. The first-order valence-electron chi connectivity index (χ1n) is 5.74. The van der Waals surface area contributed by atoms with Crippen LogP contribution >= 0.6 is 15.9 Å². The number of carbonyl (C=O) groups excluding carboxylic acids is 1. The van der Waals surface area contributed by atoms with Crippen LogP contribution in [0.5, 0.6) is 0 Å². The number of hydrogen-bond donors (Lipinski definition) is 2. The van der Waals surface area contributed by atoms with Gasteiger partial charge in [0.15, 0.2) is 5.82 Å². The third-order valence-electron chi connectivity index (χ3n) is 2.62. The van der Waals surface area contributed by atoms with Crippen molar-refractivity contribution in [3.63, 3.8) is 0 Å². The Morgan fingerprint density at radius 3 is 2.75 bits per heavy atom. The van der Waals surface area contributed by atoms with Crippen LogP contribution in [0.4, 0.5) is 10.1 Å². The first-order chi connectivity index (χ1) is 9.42. The number of nitrogens with two attached hydrogens (primary N) is 2. The van der Waals surface area contributed by atoms with Crippen LogP contribution in [-0.4, -0.2) is 37.7 Å². The van der Waals surface area contributed by atoms with Crippen molar-refractivity contribution in [2.75, 3.05) is 26.4 Å². The van der Waals surface area contributed by atoms with E-state index >= 15 is 0 Å². The van der Waals surface area contributed by atoms with Gasteiger partial charge in [-0.15, -0.1) is 0 Å². The summed E-state index contributed by atoms with van der Waals surface area (Å²) in [6, 6.07) is 2.93. The largest absolute Gasteiger partial charge is 0.404 e. The van der Waals surface area contributed by atoms with Gasteiger partial charge in [0.25, 0.3) is 5.91 Å². The molecular weight excluding hydrogens is 327 g/mol. The molecule has 0 radical (unpaired) electrons. The highest BCUT2D eigenvalue weighted by molar-refractivity contribution is 9.10. The molecule has 1 amide bonds. The average Bonchev–Trinajstić information content (AvgIpc) is 2.42. The molecule has 0 aliphatic rings. The van der Waals surface area contributed by atoms with Crippen LogP contribution in [0.25, 0.3) is 0 Å². The molecule has 0 aliphatic carbocycles. The Morgan fingerprint density at radius 1 is 1.55 bits per heavy atom. The Balaban J connectivity index is 3.04. The molecule has 0 heterocycles. The topological polar surface area (TPSA) is 84.7 Å². The summed E-state index contributed by atoms with van der Waals surface area (Å²) in [7, 11) is 3.13. The second-order valence-corrected chi connectivity index (χ2v) is 4.97. The average molecular weight is 343 g/mol. The van der Waals surface area contributed by atoms with Gasteiger partial charge in [-0.05, 0) is 28.1 Å². The van der Waals surface area contributed by atoms with Crippen LogP contribution in [0.3, 0.4) is 0 Å². The zero-order valence-electron chi connectivity index (χ0n) is 11.2. The van der Waals surface area contributed by atoms with Gasteiger partial charge in [0.05, 0.1) is 10.0 Å². The number of benzene rings is 1. The summed E-state index contributed by atoms with van der Waals surface area (Å²) in [5.41, 5.74) is 11.7. The lowest BCUT2D eigenvalue weighted by atomic mass is 10.1. The molecule has 0 bridgehead atoms. The number of rotatable bonds is 4. The summed E-state index contributed by atoms with van der Waals surface area (Å²) in [5.74, 6) is -1.20. The predicted octanol–water partition coefficient (Wildman–Crippen LogP) is 1.79. The quantitative estimate of drug-likeness (QED) is 0.646. The fraction of sp³-hybridized carbons (Fsp3) is 0.231. The molecule has 0 fully saturated rings. The lowest BCUT2D eigenvalue weighted by Crippen LogP contribution is -2.30. The zero-order chi connectivity index (χ0) is 15.3. The fourth-order valence-corrected chi connectivity index (χ4v) is 1.95. The van der Waals surface area contributed by atoms with Crippen molar-refractivity contribution in [3.05, 3.63) is 39.8 Å². The highest BCUT2D eigenvalue weighted by Crippen LogP contribution is 2.25. The lowest BCUT2D eigenvalue weighted by molar-refractivity contribution is 0.0805. The molecule has 20 heavy (non-hydrogen) atoms. The molecule has 0 saturated heterocycles. The Hall–Kier alpha value is -1.89. The van der Waals surface area contributed by atoms with E-state index in [0.29, 0.717) is 5.57 Å². The molecule has 1 aromatic rings. The van der Waals surface area contributed by atoms with Crippen LogP contribution < -0.4 is 11.5 Å². The van der Waals surface area contributed by atoms with Gasteiger partial charge < -0.3 is 16.4 Å². The Kier molecular flexibility index (Phi) is 5.69. The maximum Gasteiger partial charge on any atom is 0.259 e. The minimum Gasteiger partial charge on any atom is -0.404 e.